The summed E-state index contributed by atoms with van der Waals surface area (Å²) in [6.07, 6.45) is 0.123. The predicted octanol–water partition coefficient (Wildman–Crippen LogP) is 3.05. The molecule has 0 radical (unpaired) electrons. The van der Waals surface area contributed by atoms with E-state index in [4.69, 9.17) is 0 Å². The third-order valence-corrected chi connectivity index (χ3v) is 3.23. The molecule has 0 aliphatic carbocycles. The van der Waals surface area contributed by atoms with Gasteiger partial charge < -0.3 is 5.32 Å². The summed E-state index contributed by atoms with van der Waals surface area (Å²) in [5, 5.41) is 2.64. The summed E-state index contributed by atoms with van der Waals surface area (Å²) in [4.78, 5) is 23.7. The van der Waals surface area contributed by atoms with Crippen LogP contribution < -0.4 is 5.32 Å². The Balaban J connectivity index is 2.01. The molecule has 3 heteroatoms. The van der Waals surface area contributed by atoms with Crippen LogP contribution in [-0.4, -0.2) is 11.7 Å². The van der Waals surface area contributed by atoms with Gasteiger partial charge in [0, 0.05) is 12.1 Å². The van der Waals surface area contributed by atoms with E-state index in [0.717, 1.165) is 16.7 Å². The van der Waals surface area contributed by atoms with Crippen LogP contribution >= 0.6 is 0 Å². The van der Waals surface area contributed by atoms with Crippen LogP contribution in [0.5, 0.6) is 0 Å². The van der Waals surface area contributed by atoms with Crippen molar-refractivity contribution in [1.82, 2.24) is 0 Å². The van der Waals surface area contributed by atoms with Gasteiger partial charge in [-0.15, -0.1) is 0 Å². The fourth-order valence-corrected chi connectivity index (χ4v) is 1.88. The van der Waals surface area contributed by atoms with Crippen molar-refractivity contribution in [3.63, 3.8) is 0 Å². The van der Waals surface area contributed by atoms with E-state index in [0.29, 0.717) is 5.69 Å². The SMILES string of the molecule is Cc1ccc(NC(=O)C(=O)Cc2ccccc2)cc1C. The average molecular weight is 267 g/mol. The summed E-state index contributed by atoms with van der Waals surface area (Å²) in [6, 6.07) is 14.8. The van der Waals surface area contributed by atoms with E-state index >= 15 is 0 Å². The van der Waals surface area contributed by atoms with Crippen LogP contribution in [-0.2, 0) is 16.0 Å². The molecular weight excluding hydrogens is 250 g/mol. The molecule has 0 spiro atoms. The number of aryl methyl sites for hydroxylation is 2. The molecular formula is C17H17NO2. The number of rotatable bonds is 4. The summed E-state index contributed by atoms with van der Waals surface area (Å²) in [5.74, 6) is -1.01. The first-order valence-corrected chi connectivity index (χ1v) is 6.51. The minimum atomic E-state index is -0.572. The first-order valence-electron chi connectivity index (χ1n) is 6.51. The zero-order valence-electron chi connectivity index (χ0n) is 11.6. The summed E-state index contributed by atoms with van der Waals surface area (Å²) in [6.45, 7) is 3.97. The Labute approximate surface area is 118 Å². The van der Waals surface area contributed by atoms with Crippen LogP contribution in [0.2, 0.25) is 0 Å². The van der Waals surface area contributed by atoms with E-state index in [9.17, 15) is 9.59 Å². The van der Waals surface area contributed by atoms with Gasteiger partial charge >= 0.3 is 0 Å². The van der Waals surface area contributed by atoms with Gasteiger partial charge in [-0.1, -0.05) is 36.4 Å². The average Bonchev–Trinajstić information content (AvgIpc) is 2.44. The second kappa shape index (κ2) is 6.15. The maximum Gasteiger partial charge on any atom is 0.292 e. The first kappa shape index (κ1) is 14.0. The summed E-state index contributed by atoms with van der Waals surface area (Å²) >= 11 is 0. The largest absolute Gasteiger partial charge is 0.319 e. The van der Waals surface area contributed by atoms with Crippen molar-refractivity contribution < 1.29 is 9.59 Å². The maximum absolute atomic E-state index is 11.9. The highest BCUT2D eigenvalue weighted by Gasteiger charge is 2.14. The third kappa shape index (κ3) is 3.54. The van der Waals surface area contributed by atoms with E-state index in [1.165, 1.54) is 0 Å². The number of anilines is 1. The molecule has 0 aliphatic rings. The molecule has 2 aromatic rings. The molecule has 2 aromatic carbocycles. The smallest absolute Gasteiger partial charge is 0.292 e. The van der Waals surface area contributed by atoms with Gasteiger partial charge in [0.05, 0.1) is 0 Å². The number of nitrogens with one attached hydrogen (secondary N) is 1. The van der Waals surface area contributed by atoms with Crippen molar-refractivity contribution in [2.45, 2.75) is 20.3 Å². The first-order chi connectivity index (χ1) is 9.56. The fourth-order valence-electron chi connectivity index (χ4n) is 1.88. The van der Waals surface area contributed by atoms with Crippen LogP contribution in [0.1, 0.15) is 16.7 Å². The third-order valence-electron chi connectivity index (χ3n) is 3.23. The van der Waals surface area contributed by atoms with E-state index in [2.05, 4.69) is 5.32 Å². The van der Waals surface area contributed by atoms with Gasteiger partial charge in [0.25, 0.3) is 5.91 Å². The minimum absolute atomic E-state index is 0.123. The molecule has 1 N–H and O–H groups in total. The molecule has 0 saturated heterocycles. The number of amides is 1. The van der Waals surface area contributed by atoms with Crippen molar-refractivity contribution >= 4 is 17.4 Å². The number of carbonyl (C=O) groups excluding carboxylic acids is 2. The number of hydrogen-bond acceptors (Lipinski definition) is 2. The molecule has 0 heterocycles. The fraction of sp³-hybridized carbons (Fsp3) is 0.176. The van der Waals surface area contributed by atoms with E-state index in [1.807, 2.05) is 56.3 Å². The van der Waals surface area contributed by atoms with Crippen molar-refractivity contribution in [2.75, 3.05) is 5.32 Å². The van der Waals surface area contributed by atoms with Gasteiger partial charge in [-0.05, 0) is 42.7 Å². The Morgan fingerprint density at radius 1 is 0.950 bits per heavy atom. The number of ketones is 1. The summed E-state index contributed by atoms with van der Waals surface area (Å²) < 4.78 is 0. The van der Waals surface area contributed by atoms with E-state index < -0.39 is 11.7 Å². The molecule has 0 bridgehead atoms. The molecule has 0 fully saturated rings. The molecule has 1 amide bonds. The Kier molecular flexibility index (Phi) is 4.31. The van der Waals surface area contributed by atoms with Gasteiger partial charge in [0.1, 0.15) is 0 Å². The summed E-state index contributed by atoms with van der Waals surface area (Å²) in [5.41, 5.74) is 3.73. The lowest BCUT2D eigenvalue weighted by molar-refractivity contribution is -0.134. The normalized spacial score (nSPS) is 10.1. The lowest BCUT2D eigenvalue weighted by atomic mass is 10.1. The Hall–Kier alpha value is -2.42. The Morgan fingerprint density at radius 3 is 2.30 bits per heavy atom. The van der Waals surface area contributed by atoms with Crippen LogP contribution in [0.25, 0.3) is 0 Å². The molecule has 0 aromatic heterocycles. The Bertz CT molecular complexity index is 633. The van der Waals surface area contributed by atoms with Crippen LogP contribution in [0.15, 0.2) is 48.5 Å². The lowest BCUT2D eigenvalue weighted by Gasteiger charge is -2.07. The van der Waals surface area contributed by atoms with Crippen molar-refractivity contribution in [2.24, 2.45) is 0 Å². The predicted molar refractivity (Wildman–Crippen MR) is 79.7 cm³/mol. The van der Waals surface area contributed by atoms with Crippen molar-refractivity contribution in [1.29, 1.82) is 0 Å². The van der Waals surface area contributed by atoms with E-state index in [-0.39, 0.29) is 6.42 Å². The molecule has 20 heavy (non-hydrogen) atoms. The molecule has 0 atom stereocenters. The Morgan fingerprint density at radius 2 is 1.65 bits per heavy atom. The zero-order chi connectivity index (χ0) is 14.5. The second-order valence-electron chi connectivity index (χ2n) is 4.84. The molecule has 3 nitrogen and oxygen atoms in total. The molecule has 2 rings (SSSR count). The minimum Gasteiger partial charge on any atom is -0.319 e. The highest BCUT2D eigenvalue weighted by molar-refractivity contribution is 6.41. The molecule has 0 unspecified atom stereocenters. The number of Topliss-reactive ketones (excluding diaryl/α,β-unsaturated/α-hetero) is 1. The monoisotopic (exact) mass is 267 g/mol. The van der Waals surface area contributed by atoms with Gasteiger partial charge in [0.2, 0.25) is 5.78 Å². The van der Waals surface area contributed by atoms with Gasteiger partial charge in [0.15, 0.2) is 0 Å². The van der Waals surface area contributed by atoms with Crippen LogP contribution in [0, 0.1) is 13.8 Å². The number of carbonyl (C=O) groups is 2. The number of hydrogen-bond donors (Lipinski definition) is 1. The maximum atomic E-state index is 11.9. The number of benzene rings is 2. The van der Waals surface area contributed by atoms with Crippen LogP contribution in [0.3, 0.4) is 0 Å². The second-order valence-corrected chi connectivity index (χ2v) is 4.84. The molecule has 0 aliphatic heterocycles. The quantitative estimate of drug-likeness (QED) is 0.865. The topological polar surface area (TPSA) is 46.2 Å². The highest BCUT2D eigenvalue weighted by Crippen LogP contribution is 2.14. The van der Waals surface area contributed by atoms with Crippen molar-refractivity contribution in [3.05, 3.63) is 65.2 Å². The molecule has 0 saturated carbocycles. The van der Waals surface area contributed by atoms with Gasteiger partial charge in [-0.25, -0.2) is 0 Å². The van der Waals surface area contributed by atoms with Gasteiger partial charge in [-0.3, -0.25) is 9.59 Å². The van der Waals surface area contributed by atoms with E-state index in [1.54, 1.807) is 6.07 Å². The van der Waals surface area contributed by atoms with Gasteiger partial charge in [-0.2, -0.15) is 0 Å². The summed E-state index contributed by atoms with van der Waals surface area (Å²) in [7, 11) is 0. The standard InChI is InChI=1S/C17H17NO2/c1-12-8-9-15(10-13(12)2)18-17(20)16(19)11-14-6-4-3-5-7-14/h3-10H,11H2,1-2H3,(H,18,20). The lowest BCUT2D eigenvalue weighted by Crippen LogP contribution is -2.24. The zero-order valence-corrected chi connectivity index (χ0v) is 11.6. The molecule has 102 valence electrons. The highest BCUT2D eigenvalue weighted by atomic mass is 16.2. The van der Waals surface area contributed by atoms with Crippen molar-refractivity contribution in [3.8, 4) is 0 Å². The van der Waals surface area contributed by atoms with Crippen LogP contribution in [0.4, 0.5) is 5.69 Å².